The van der Waals surface area contributed by atoms with E-state index in [1.807, 2.05) is 13.0 Å². The van der Waals surface area contributed by atoms with E-state index in [9.17, 15) is 4.79 Å². The summed E-state index contributed by atoms with van der Waals surface area (Å²) < 4.78 is 6.00. The van der Waals surface area contributed by atoms with Gasteiger partial charge in [-0.05, 0) is 25.5 Å². The largest absolute Gasteiger partial charge is 0.369 e. The molecule has 2 heterocycles. The molecule has 4 nitrogen and oxygen atoms in total. The number of ether oxygens (including phenoxy) is 1. The lowest BCUT2D eigenvalue weighted by Crippen LogP contribution is -2.60. The van der Waals surface area contributed by atoms with Crippen molar-refractivity contribution in [3.8, 4) is 0 Å². The number of nitrogens with zero attached hydrogens (tertiary/aromatic N) is 2. The monoisotopic (exact) mass is 234 g/mol. The van der Waals surface area contributed by atoms with E-state index in [2.05, 4.69) is 9.89 Å². The number of carbonyl (C=O) groups is 1. The van der Waals surface area contributed by atoms with Gasteiger partial charge in [0.1, 0.15) is 5.60 Å². The number of piperidine rings is 1. The Hall–Kier alpha value is -1.16. The van der Waals surface area contributed by atoms with Gasteiger partial charge in [0.05, 0.1) is 18.4 Å². The Morgan fingerprint density at radius 1 is 1.65 bits per heavy atom. The van der Waals surface area contributed by atoms with Crippen LogP contribution in [0, 0.1) is 0 Å². The normalized spacial score (nSPS) is 35.6. The molecular formula is C13H18N2O2. The molecule has 1 aliphatic carbocycles. The van der Waals surface area contributed by atoms with Crippen molar-refractivity contribution in [1.29, 1.82) is 0 Å². The number of rotatable bonds is 2. The molecule has 2 atom stereocenters. The molecule has 4 heteroatoms. The predicted octanol–water partition coefficient (Wildman–Crippen LogP) is 1.17. The molecule has 0 spiro atoms. The summed E-state index contributed by atoms with van der Waals surface area (Å²) in [5.74, 6) is 1.38. The predicted molar refractivity (Wildman–Crippen MR) is 65.2 cm³/mol. The van der Waals surface area contributed by atoms with Crippen LogP contribution >= 0.6 is 0 Å². The van der Waals surface area contributed by atoms with Gasteiger partial charge in [0.25, 0.3) is 0 Å². The molecule has 17 heavy (non-hydrogen) atoms. The molecule has 0 amide bonds. The SMILES string of the molecule is CCO[C@]12C=CC(=O)C[C@H]1N1CCN=C1CC2. The molecule has 3 rings (SSSR count). The second-order valence-electron chi connectivity index (χ2n) is 4.90. The van der Waals surface area contributed by atoms with Gasteiger partial charge in [-0.2, -0.15) is 0 Å². The van der Waals surface area contributed by atoms with Gasteiger partial charge >= 0.3 is 0 Å². The number of ketones is 1. The van der Waals surface area contributed by atoms with E-state index in [0.717, 1.165) is 25.9 Å². The Morgan fingerprint density at radius 2 is 2.53 bits per heavy atom. The summed E-state index contributed by atoms with van der Waals surface area (Å²) in [6, 6.07) is 0.162. The summed E-state index contributed by atoms with van der Waals surface area (Å²) in [5.41, 5.74) is -0.258. The van der Waals surface area contributed by atoms with E-state index in [1.54, 1.807) is 6.08 Å². The summed E-state index contributed by atoms with van der Waals surface area (Å²) in [5, 5.41) is 0. The van der Waals surface area contributed by atoms with Gasteiger partial charge in [-0.1, -0.05) is 0 Å². The number of aliphatic imine (C=N–C) groups is 1. The summed E-state index contributed by atoms with van der Waals surface area (Å²) >= 11 is 0. The molecule has 0 aromatic rings. The number of hydrogen-bond acceptors (Lipinski definition) is 4. The van der Waals surface area contributed by atoms with Gasteiger partial charge in [0.15, 0.2) is 5.78 Å². The van der Waals surface area contributed by atoms with E-state index in [1.165, 1.54) is 5.84 Å². The molecule has 1 fully saturated rings. The highest BCUT2D eigenvalue weighted by atomic mass is 16.5. The average Bonchev–Trinajstić information content (AvgIpc) is 2.79. The zero-order valence-electron chi connectivity index (χ0n) is 10.2. The van der Waals surface area contributed by atoms with E-state index >= 15 is 0 Å². The van der Waals surface area contributed by atoms with Gasteiger partial charge in [-0.3, -0.25) is 9.79 Å². The quantitative estimate of drug-likeness (QED) is 0.720. The van der Waals surface area contributed by atoms with Gasteiger partial charge in [0.2, 0.25) is 0 Å². The lowest BCUT2D eigenvalue weighted by atomic mass is 9.77. The topological polar surface area (TPSA) is 41.9 Å². The third-order valence-corrected chi connectivity index (χ3v) is 4.01. The molecule has 0 N–H and O–H groups in total. The first-order valence-electron chi connectivity index (χ1n) is 6.41. The summed E-state index contributed by atoms with van der Waals surface area (Å²) in [6.07, 6.45) is 6.17. The molecule has 2 aliphatic heterocycles. The van der Waals surface area contributed by atoms with Gasteiger partial charge in [0, 0.05) is 26.0 Å². The minimum atomic E-state index is -0.258. The lowest BCUT2D eigenvalue weighted by molar-refractivity contribution is -0.122. The fraction of sp³-hybridized carbons (Fsp3) is 0.692. The lowest BCUT2D eigenvalue weighted by Gasteiger charge is -2.49. The van der Waals surface area contributed by atoms with Crippen molar-refractivity contribution in [2.24, 2.45) is 4.99 Å². The van der Waals surface area contributed by atoms with E-state index in [-0.39, 0.29) is 17.4 Å². The molecular weight excluding hydrogens is 216 g/mol. The van der Waals surface area contributed by atoms with Crippen LogP contribution in [-0.2, 0) is 9.53 Å². The molecule has 1 saturated heterocycles. The summed E-state index contributed by atoms with van der Waals surface area (Å²) in [6.45, 7) is 4.51. The van der Waals surface area contributed by atoms with E-state index < -0.39 is 0 Å². The number of amidine groups is 1. The molecule has 0 unspecified atom stereocenters. The minimum absolute atomic E-state index is 0.162. The highest BCUT2D eigenvalue weighted by molar-refractivity contribution is 5.93. The van der Waals surface area contributed by atoms with Crippen LogP contribution in [0.4, 0.5) is 0 Å². The van der Waals surface area contributed by atoms with Crippen LogP contribution < -0.4 is 0 Å². The van der Waals surface area contributed by atoms with E-state index in [0.29, 0.717) is 13.0 Å². The van der Waals surface area contributed by atoms with Crippen LogP contribution in [0.2, 0.25) is 0 Å². The van der Waals surface area contributed by atoms with Crippen LogP contribution in [0.25, 0.3) is 0 Å². The zero-order chi connectivity index (χ0) is 11.9. The fourth-order valence-electron chi connectivity index (χ4n) is 3.26. The van der Waals surface area contributed by atoms with Gasteiger partial charge in [-0.25, -0.2) is 0 Å². The van der Waals surface area contributed by atoms with Crippen molar-refractivity contribution in [1.82, 2.24) is 4.90 Å². The Kier molecular flexibility index (Phi) is 2.54. The van der Waals surface area contributed by atoms with Crippen molar-refractivity contribution in [2.45, 2.75) is 37.8 Å². The van der Waals surface area contributed by atoms with Crippen LogP contribution in [0.5, 0.6) is 0 Å². The summed E-state index contributed by atoms with van der Waals surface area (Å²) in [7, 11) is 0. The number of hydrogen-bond donors (Lipinski definition) is 0. The van der Waals surface area contributed by atoms with Crippen LogP contribution in [0.3, 0.4) is 0 Å². The number of fused-ring (bicyclic) bond motifs is 3. The van der Waals surface area contributed by atoms with Crippen LogP contribution in [0.15, 0.2) is 17.1 Å². The van der Waals surface area contributed by atoms with Crippen molar-refractivity contribution < 1.29 is 9.53 Å². The third-order valence-electron chi connectivity index (χ3n) is 4.01. The molecule has 92 valence electrons. The Morgan fingerprint density at radius 3 is 3.35 bits per heavy atom. The standard InChI is InChI=1S/C13H18N2O2/c1-2-17-13-5-3-10(16)9-11(13)15-8-7-14-12(15)4-6-13/h3,5,11H,2,4,6-9H2,1H3/t11-,13+/m1/s1. The van der Waals surface area contributed by atoms with Gasteiger partial charge < -0.3 is 9.64 Å². The smallest absolute Gasteiger partial charge is 0.157 e. The molecule has 0 saturated carbocycles. The second-order valence-corrected chi connectivity index (χ2v) is 4.90. The van der Waals surface area contributed by atoms with Gasteiger partial charge in [-0.15, -0.1) is 0 Å². The highest BCUT2D eigenvalue weighted by Gasteiger charge is 2.49. The highest BCUT2D eigenvalue weighted by Crippen LogP contribution is 2.39. The first kappa shape index (κ1) is 11.0. The minimum Gasteiger partial charge on any atom is -0.369 e. The Labute approximate surface area is 101 Å². The van der Waals surface area contributed by atoms with Crippen LogP contribution in [0.1, 0.15) is 26.2 Å². The van der Waals surface area contributed by atoms with E-state index in [4.69, 9.17) is 4.74 Å². The third kappa shape index (κ3) is 1.62. The van der Waals surface area contributed by atoms with Crippen molar-refractivity contribution in [2.75, 3.05) is 19.7 Å². The van der Waals surface area contributed by atoms with Crippen LogP contribution in [-0.4, -0.2) is 47.9 Å². The zero-order valence-corrected chi connectivity index (χ0v) is 10.2. The first-order valence-corrected chi connectivity index (χ1v) is 6.41. The van der Waals surface area contributed by atoms with Crippen molar-refractivity contribution in [3.05, 3.63) is 12.2 Å². The summed E-state index contributed by atoms with van der Waals surface area (Å²) in [4.78, 5) is 18.5. The maximum absolute atomic E-state index is 11.6. The Balaban J connectivity index is 1.96. The molecule has 0 bridgehead atoms. The number of carbonyl (C=O) groups excluding carboxylic acids is 1. The molecule has 0 aromatic carbocycles. The Bertz CT molecular complexity index is 402. The average molecular weight is 234 g/mol. The molecule has 3 aliphatic rings. The second kappa shape index (κ2) is 3.95. The van der Waals surface area contributed by atoms with Crippen molar-refractivity contribution in [3.63, 3.8) is 0 Å². The molecule has 0 aromatic heterocycles. The fourth-order valence-corrected chi connectivity index (χ4v) is 3.26. The maximum atomic E-state index is 11.6. The maximum Gasteiger partial charge on any atom is 0.157 e. The molecule has 0 radical (unpaired) electrons. The first-order chi connectivity index (χ1) is 8.25. The van der Waals surface area contributed by atoms with Crippen molar-refractivity contribution >= 4 is 11.6 Å². The number of allylic oxidation sites excluding steroid dienone is 1.